The van der Waals surface area contributed by atoms with Gasteiger partial charge in [0, 0.05) is 18.3 Å². The van der Waals surface area contributed by atoms with Gasteiger partial charge in [-0.05, 0) is 71.5 Å². The lowest BCUT2D eigenvalue weighted by atomic mass is 9.95. The van der Waals surface area contributed by atoms with Crippen LogP contribution < -0.4 is 16.0 Å². The molecule has 1 fully saturated rings. The van der Waals surface area contributed by atoms with E-state index in [2.05, 4.69) is 42.1 Å². The lowest BCUT2D eigenvalue weighted by Gasteiger charge is -2.22. The Kier molecular flexibility index (Phi) is 15.2. The number of rotatable bonds is 17. The van der Waals surface area contributed by atoms with Crippen LogP contribution in [0.25, 0.3) is 0 Å². The summed E-state index contributed by atoms with van der Waals surface area (Å²) in [5.74, 6) is 0. The molecule has 0 heterocycles. The van der Waals surface area contributed by atoms with Gasteiger partial charge in [-0.3, -0.25) is 0 Å². The summed E-state index contributed by atoms with van der Waals surface area (Å²) in [6, 6.07) is 0.802. The van der Waals surface area contributed by atoms with E-state index < -0.39 is 0 Å². The van der Waals surface area contributed by atoms with Crippen molar-refractivity contribution in [3.63, 3.8) is 0 Å². The zero-order chi connectivity index (χ0) is 19.6. The highest BCUT2D eigenvalue weighted by Crippen LogP contribution is 2.17. The molecule has 27 heavy (non-hydrogen) atoms. The molecule has 1 aliphatic carbocycles. The van der Waals surface area contributed by atoms with Crippen LogP contribution in [-0.4, -0.2) is 32.2 Å². The topological polar surface area (TPSA) is 36.1 Å². The predicted molar refractivity (Wildman–Crippen MR) is 121 cm³/mol. The zero-order valence-electron chi connectivity index (χ0n) is 18.0. The molecule has 156 valence electrons. The fourth-order valence-corrected chi connectivity index (χ4v) is 3.67. The van der Waals surface area contributed by atoms with E-state index in [0.717, 1.165) is 37.7 Å². The molecule has 0 aromatic carbocycles. The Bertz CT molecular complexity index is 408. The molecule has 3 nitrogen and oxygen atoms in total. The van der Waals surface area contributed by atoms with Crippen molar-refractivity contribution in [2.45, 2.75) is 90.0 Å². The van der Waals surface area contributed by atoms with E-state index in [1.807, 2.05) is 6.08 Å². The van der Waals surface area contributed by atoms with Gasteiger partial charge >= 0.3 is 0 Å². The number of nitrogens with one attached hydrogen (secondary N) is 3. The second-order valence-corrected chi connectivity index (χ2v) is 8.09. The van der Waals surface area contributed by atoms with E-state index in [0.29, 0.717) is 0 Å². The van der Waals surface area contributed by atoms with Crippen molar-refractivity contribution in [3.05, 3.63) is 36.6 Å². The van der Waals surface area contributed by atoms with E-state index in [1.165, 1.54) is 82.9 Å². The molecule has 0 aromatic rings. The first kappa shape index (κ1) is 24.0. The van der Waals surface area contributed by atoms with Crippen molar-refractivity contribution in [1.82, 2.24) is 16.0 Å². The van der Waals surface area contributed by atoms with Gasteiger partial charge in [0.15, 0.2) is 0 Å². The van der Waals surface area contributed by atoms with Gasteiger partial charge in [-0.1, -0.05) is 63.0 Å². The van der Waals surface area contributed by atoms with Crippen molar-refractivity contribution in [2.75, 3.05) is 26.2 Å². The third-order valence-corrected chi connectivity index (χ3v) is 5.45. The fourth-order valence-electron chi connectivity index (χ4n) is 3.67. The molecule has 0 atom stereocenters. The minimum Gasteiger partial charge on any atom is -0.389 e. The molecule has 0 saturated heterocycles. The molecule has 3 heteroatoms. The quantitative estimate of drug-likeness (QED) is 0.233. The second-order valence-electron chi connectivity index (χ2n) is 8.09. The number of hydrogen-bond donors (Lipinski definition) is 3. The fraction of sp³-hybridized carbons (Fsp3) is 0.750. The Hall–Kier alpha value is -1.06. The molecule has 3 N–H and O–H groups in total. The Balaban J connectivity index is 1.77. The van der Waals surface area contributed by atoms with Gasteiger partial charge in [-0.25, -0.2) is 0 Å². The first-order chi connectivity index (χ1) is 13.2. The Labute approximate surface area is 169 Å². The van der Waals surface area contributed by atoms with Crippen molar-refractivity contribution in [2.24, 2.45) is 0 Å². The Morgan fingerprint density at radius 2 is 1.59 bits per heavy atom. The van der Waals surface area contributed by atoms with Gasteiger partial charge < -0.3 is 16.0 Å². The number of hydrogen-bond acceptors (Lipinski definition) is 3. The van der Waals surface area contributed by atoms with Crippen molar-refractivity contribution in [3.8, 4) is 0 Å². The number of allylic oxidation sites excluding steroid dienone is 4. The van der Waals surface area contributed by atoms with Gasteiger partial charge in [0.2, 0.25) is 0 Å². The third kappa shape index (κ3) is 14.6. The first-order valence-electron chi connectivity index (χ1n) is 11.4. The largest absolute Gasteiger partial charge is 0.389 e. The molecule has 1 saturated carbocycles. The van der Waals surface area contributed by atoms with E-state index >= 15 is 0 Å². The molecule has 1 rings (SSSR count). The summed E-state index contributed by atoms with van der Waals surface area (Å²) in [6.45, 7) is 14.6. The van der Waals surface area contributed by atoms with Crippen LogP contribution in [0.2, 0.25) is 0 Å². The normalized spacial score (nSPS) is 15.7. The summed E-state index contributed by atoms with van der Waals surface area (Å²) in [4.78, 5) is 0. The second kappa shape index (κ2) is 17.1. The van der Waals surface area contributed by atoms with Gasteiger partial charge in [-0.2, -0.15) is 0 Å². The molecule has 0 unspecified atom stereocenters. The average Bonchev–Trinajstić information content (AvgIpc) is 2.68. The molecule has 0 aliphatic heterocycles. The summed E-state index contributed by atoms with van der Waals surface area (Å²) in [5.41, 5.74) is 2.53. The summed E-state index contributed by atoms with van der Waals surface area (Å²) in [5, 5.41) is 10.8. The molecular formula is C24H45N3. The van der Waals surface area contributed by atoms with E-state index in [9.17, 15) is 0 Å². The molecular weight excluding hydrogens is 330 g/mol. The highest BCUT2D eigenvalue weighted by atomic mass is 14.9. The van der Waals surface area contributed by atoms with Crippen molar-refractivity contribution in [1.29, 1.82) is 0 Å². The maximum atomic E-state index is 4.12. The number of unbranched alkanes of at least 4 members (excludes halogenated alkanes) is 3. The van der Waals surface area contributed by atoms with Crippen LogP contribution in [0.5, 0.6) is 0 Å². The van der Waals surface area contributed by atoms with Crippen LogP contribution in [0.3, 0.4) is 0 Å². The Morgan fingerprint density at radius 1 is 0.889 bits per heavy atom. The van der Waals surface area contributed by atoms with E-state index in [4.69, 9.17) is 0 Å². The smallest absolute Gasteiger partial charge is 0.0143 e. The van der Waals surface area contributed by atoms with Crippen molar-refractivity contribution >= 4 is 0 Å². The van der Waals surface area contributed by atoms with Crippen LogP contribution in [-0.2, 0) is 0 Å². The first-order valence-corrected chi connectivity index (χ1v) is 11.4. The molecule has 0 spiro atoms. The van der Waals surface area contributed by atoms with Crippen LogP contribution in [0.1, 0.15) is 84.0 Å². The standard InChI is InChI=1S/C24H45N3/c1-4-13-22(2)16-17-23(3)26-20-11-6-5-10-18-25-19-12-21-27-24-14-8-7-9-15-24/h4,13,24-27H,1,3,5-12,14-21H2,2H3/b22-13+. The molecule has 0 aromatic heterocycles. The average molecular weight is 376 g/mol. The lowest BCUT2D eigenvalue weighted by molar-refractivity contribution is 0.371. The molecule has 1 aliphatic rings. The van der Waals surface area contributed by atoms with Gasteiger partial charge in [0.25, 0.3) is 0 Å². The van der Waals surface area contributed by atoms with Crippen LogP contribution in [0, 0.1) is 0 Å². The van der Waals surface area contributed by atoms with Crippen LogP contribution in [0.15, 0.2) is 36.6 Å². The maximum Gasteiger partial charge on any atom is 0.0143 e. The van der Waals surface area contributed by atoms with E-state index in [1.54, 1.807) is 0 Å². The summed E-state index contributed by atoms with van der Waals surface area (Å²) in [6.07, 6.45) is 19.5. The van der Waals surface area contributed by atoms with Crippen molar-refractivity contribution < 1.29 is 0 Å². The minimum absolute atomic E-state index is 0.802. The predicted octanol–water partition coefficient (Wildman–Crippen LogP) is 5.46. The Morgan fingerprint density at radius 3 is 2.33 bits per heavy atom. The van der Waals surface area contributed by atoms with Gasteiger partial charge in [0.05, 0.1) is 0 Å². The summed E-state index contributed by atoms with van der Waals surface area (Å²) < 4.78 is 0. The SMILES string of the molecule is C=C/C=C(\C)CCC(=C)NCCCCCCNCCCNC1CCCCC1. The maximum absolute atomic E-state index is 4.12. The molecule has 0 radical (unpaired) electrons. The molecule has 0 bridgehead atoms. The van der Waals surface area contributed by atoms with Crippen LogP contribution in [0.4, 0.5) is 0 Å². The monoisotopic (exact) mass is 375 g/mol. The van der Waals surface area contributed by atoms with Gasteiger partial charge in [-0.15, -0.1) is 0 Å². The third-order valence-electron chi connectivity index (χ3n) is 5.45. The van der Waals surface area contributed by atoms with E-state index in [-0.39, 0.29) is 0 Å². The molecule has 0 amide bonds. The minimum atomic E-state index is 0.802. The summed E-state index contributed by atoms with van der Waals surface area (Å²) in [7, 11) is 0. The van der Waals surface area contributed by atoms with Crippen LogP contribution >= 0.6 is 0 Å². The lowest BCUT2D eigenvalue weighted by Crippen LogP contribution is -2.33. The highest BCUT2D eigenvalue weighted by molar-refractivity contribution is 5.09. The highest BCUT2D eigenvalue weighted by Gasteiger charge is 2.11. The van der Waals surface area contributed by atoms with Gasteiger partial charge in [0.1, 0.15) is 0 Å². The zero-order valence-corrected chi connectivity index (χ0v) is 18.0. The summed E-state index contributed by atoms with van der Waals surface area (Å²) >= 11 is 0.